The Morgan fingerprint density at radius 1 is 0.821 bits per heavy atom. The molecule has 0 fully saturated rings. The molecule has 1 N–H and O–H groups in total. The first-order valence-corrected chi connectivity index (χ1v) is 12.7. The molecule has 0 bridgehead atoms. The van der Waals surface area contributed by atoms with E-state index in [0.29, 0.717) is 12.8 Å². The quantitative estimate of drug-likeness (QED) is 0.116. The average Bonchev–Trinajstić information content (AvgIpc) is 2.64. The van der Waals surface area contributed by atoms with Crippen molar-refractivity contribution in [1.29, 1.82) is 0 Å². The maximum atomic E-state index is 11.9. The zero-order valence-electron chi connectivity index (χ0n) is 18.0. The lowest BCUT2D eigenvalue weighted by Gasteiger charge is -2.13. The Morgan fingerprint density at radius 3 is 1.86 bits per heavy atom. The van der Waals surface area contributed by atoms with Crippen LogP contribution in [0, 0.1) is 0 Å². The highest BCUT2D eigenvalue weighted by atomic mass is 32.2. The smallest absolute Gasteiger partial charge is 0.326 e. The fraction of sp³-hybridized carbons (Fsp3) is 0.864. The van der Waals surface area contributed by atoms with Gasteiger partial charge in [0.05, 0.1) is 6.61 Å². The molecular weight excluding hydrogens is 376 g/mol. The van der Waals surface area contributed by atoms with Gasteiger partial charge < -0.3 is 4.74 Å². The number of ether oxygens (including phenoxy) is 1. The van der Waals surface area contributed by atoms with Gasteiger partial charge in [0.25, 0.3) is 10.1 Å². The third-order valence-corrected chi connectivity index (χ3v) is 5.99. The van der Waals surface area contributed by atoms with Crippen molar-refractivity contribution in [2.24, 2.45) is 0 Å². The highest BCUT2D eigenvalue weighted by molar-refractivity contribution is 7.87. The van der Waals surface area contributed by atoms with Crippen molar-refractivity contribution in [2.75, 3.05) is 6.61 Å². The molecule has 0 aromatic heterocycles. The molecule has 0 heterocycles. The van der Waals surface area contributed by atoms with Crippen LogP contribution in [0.5, 0.6) is 0 Å². The molecule has 0 radical (unpaired) electrons. The van der Waals surface area contributed by atoms with Gasteiger partial charge >= 0.3 is 5.97 Å². The molecule has 0 aliphatic rings. The van der Waals surface area contributed by atoms with Crippen LogP contribution < -0.4 is 0 Å². The zero-order chi connectivity index (χ0) is 21.1. The number of esters is 1. The molecule has 5 nitrogen and oxygen atoms in total. The molecule has 0 rings (SSSR count). The van der Waals surface area contributed by atoms with Gasteiger partial charge in [-0.2, -0.15) is 8.42 Å². The number of carbonyl (C=O) groups excluding carboxylic acids is 1. The molecule has 0 amide bonds. The summed E-state index contributed by atoms with van der Waals surface area (Å²) in [6.07, 6.45) is 19.8. The first-order chi connectivity index (χ1) is 13.4. The highest BCUT2D eigenvalue weighted by Crippen LogP contribution is 2.14. The number of carbonyl (C=O) groups is 1. The van der Waals surface area contributed by atoms with Gasteiger partial charge in [-0.1, -0.05) is 83.8 Å². The Balaban J connectivity index is 3.77. The second-order valence-corrected chi connectivity index (χ2v) is 9.14. The first kappa shape index (κ1) is 27.1. The van der Waals surface area contributed by atoms with Crippen LogP contribution in [0.3, 0.4) is 0 Å². The topological polar surface area (TPSA) is 80.7 Å². The lowest BCUT2D eigenvalue weighted by molar-refractivity contribution is -0.143. The summed E-state index contributed by atoms with van der Waals surface area (Å²) in [6, 6.07) is 0. The van der Waals surface area contributed by atoms with Crippen molar-refractivity contribution >= 4 is 16.1 Å². The molecule has 0 spiro atoms. The van der Waals surface area contributed by atoms with E-state index in [-0.39, 0.29) is 13.0 Å². The van der Waals surface area contributed by atoms with Crippen LogP contribution in [-0.4, -0.2) is 30.8 Å². The van der Waals surface area contributed by atoms with E-state index < -0.39 is 21.3 Å². The lowest BCUT2D eigenvalue weighted by atomic mass is 10.1. The van der Waals surface area contributed by atoms with E-state index in [2.05, 4.69) is 19.1 Å². The molecule has 1 atom stereocenters. The third kappa shape index (κ3) is 16.1. The van der Waals surface area contributed by atoms with Crippen LogP contribution >= 0.6 is 0 Å². The lowest BCUT2D eigenvalue weighted by Crippen LogP contribution is -2.32. The summed E-state index contributed by atoms with van der Waals surface area (Å²) in [4.78, 5) is 11.9. The Morgan fingerprint density at radius 2 is 1.32 bits per heavy atom. The maximum absolute atomic E-state index is 11.9. The van der Waals surface area contributed by atoms with E-state index in [1.165, 1.54) is 38.5 Å². The molecule has 0 saturated carbocycles. The van der Waals surface area contributed by atoms with E-state index in [4.69, 9.17) is 4.74 Å². The predicted molar refractivity (Wildman–Crippen MR) is 116 cm³/mol. The van der Waals surface area contributed by atoms with Gasteiger partial charge in [0.15, 0.2) is 5.25 Å². The van der Waals surface area contributed by atoms with Crippen LogP contribution in [0.1, 0.15) is 110 Å². The SMILES string of the molecule is CCCCCCCCC=CCCCCCCC(C(=O)OCCCC)S(=O)(=O)O. The summed E-state index contributed by atoms with van der Waals surface area (Å²) < 4.78 is 37.1. The zero-order valence-corrected chi connectivity index (χ0v) is 18.9. The number of hydrogen-bond acceptors (Lipinski definition) is 4. The van der Waals surface area contributed by atoms with Crippen LogP contribution in [0.4, 0.5) is 0 Å². The standard InChI is InChI=1S/C22H42O5S/c1-3-5-7-8-9-10-11-12-13-14-15-16-17-18-19-21(28(24,25)26)22(23)27-20-6-4-2/h12-13,21H,3-11,14-20H2,1-2H3,(H,24,25,26). The van der Waals surface area contributed by atoms with Crippen molar-refractivity contribution in [1.82, 2.24) is 0 Å². The minimum absolute atomic E-state index is 0.123. The fourth-order valence-electron chi connectivity index (χ4n) is 3.02. The summed E-state index contributed by atoms with van der Waals surface area (Å²) >= 11 is 0. The Bertz CT molecular complexity index is 499. The van der Waals surface area contributed by atoms with Crippen molar-refractivity contribution < 1.29 is 22.5 Å². The highest BCUT2D eigenvalue weighted by Gasteiger charge is 2.31. The molecule has 0 aromatic rings. The van der Waals surface area contributed by atoms with Gasteiger partial charge in [-0.05, 0) is 38.5 Å². The van der Waals surface area contributed by atoms with Crippen molar-refractivity contribution in [2.45, 2.75) is 115 Å². The van der Waals surface area contributed by atoms with E-state index >= 15 is 0 Å². The van der Waals surface area contributed by atoms with Gasteiger partial charge in [0.2, 0.25) is 0 Å². The van der Waals surface area contributed by atoms with Crippen molar-refractivity contribution in [3.8, 4) is 0 Å². The van der Waals surface area contributed by atoms with Gasteiger partial charge in [0, 0.05) is 0 Å². The van der Waals surface area contributed by atoms with Crippen molar-refractivity contribution in [3.63, 3.8) is 0 Å². The second kappa shape index (κ2) is 18.2. The number of rotatable bonds is 19. The Labute approximate surface area is 173 Å². The largest absolute Gasteiger partial charge is 0.465 e. The molecule has 0 saturated heterocycles. The summed E-state index contributed by atoms with van der Waals surface area (Å²) in [6.45, 7) is 4.39. The van der Waals surface area contributed by atoms with E-state index in [1.807, 2.05) is 6.92 Å². The van der Waals surface area contributed by atoms with Crippen LogP contribution in [-0.2, 0) is 19.6 Å². The maximum Gasteiger partial charge on any atom is 0.326 e. The Hall–Kier alpha value is -0.880. The van der Waals surface area contributed by atoms with Gasteiger partial charge in [0.1, 0.15) is 0 Å². The molecule has 0 aromatic carbocycles. The number of hydrogen-bond donors (Lipinski definition) is 1. The minimum atomic E-state index is -4.40. The number of unbranched alkanes of at least 4 members (excludes halogenated alkanes) is 11. The van der Waals surface area contributed by atoms with Gasteiger partial charge in [-0.25, -0.2) is 0 Å². The van der Waals surface area contributed by atoms with E-state index in [1.54, 1.807) is 0 Å². The molecule has 0 aliphatic heterocycles. The van der Waals surface area contributed by atoms with Crippen LogP contribution in [0.25, 0.3) is 0 Å². The Kier molecular flexibility index (Phi) is 17.6. The molecule has 28 heavy (non-hydrogen) atoms. The monoisotopic (exact) mass is 418 g/mol. The predicted octanol–water partition coefficient (Wildman–Crippen LogP) is 6.23. The molecule has 1 unspecified atom stereocenters. The summed E-state index contributed by atoms with van der Waals surface area (Å²) in [5, 5.41) is -1.44. The van der Waals surface area contributed by atoms with Crippen molar-refractivity contribution in [3.05, 3.63) is 12.2 Å². The first-order valence-electron chi connectivity index (χ1n) is 11.2. The van der Waals surface area contributed by atoms with Gasteiger partial charge in [-0.15, -0.1) is 0 Å². The van der Waals surface area contributed by atoms with Crippen LogP contribution in [0.2, 0.25) is 0 Å². The number of allylic oxidation sites excluding steroid dienone is 2. The summed E-state index contributed by atoms with van der Waals surface area (Å²) in [5.74, 6) is -0.825. The van der Waals surface area contributed by atoms with E-state index in [9.17, 15) is 17.8 Å². The summed E-state index contributed by atoms with van der Waals surface area (Å²) in [7, 11) is -4.40. The minimum Gasteiger partial charge on any atom is -0.465 e. The average molecular weight is 419 g/mol. The van der Waals surface area contributed by atoms with Crippen LogP contribution in [0.15, 0.2) is 12.2 Å². The second-order valence-electron chi connectivity index (χ2n) is 7.54. The molecular formula is C22H42O5S. The molecule has 6 heteroatoms. The molecule has 0 aliphatic carbocycles. The fourth-order valence-corrected chi connectivity index (χ4v) is 3.80. The normalized spacial score (nSPS) is 13.1. The third-order valence-electron chi connectivity index (χ3n) is 4.84. The summed E-state index contributed by atoms with van der Waals surface area (Å²) in [5.41, 5.74) is 0. The molecule has 166 valence electrons. The van der Waals surface area contributed by atoms with Gasteiger partial charge in [-0.3, -0.25) is 9.35 Å². The van der Waals surface area contributed by atoms with E-state index in [0.717, 1.165) is 38.5 Å².